The standard InChI is InChI=1S/C17H29N3/c1-4-20-12-6-5-7-15(13-18)17(20)14-8-10-16(11-9-14)19(2)3/h8-11,15,17H,4-7,12-13,18H2,1-3H3. The second-order valence-electron chi connectivity index (χ2n) is 6.05. The van der Waals surface area contributed by atoms with Crippen LogP contribution in [0.2, 0.25) is 0 Å². The van der Waals surface area contributed by atoms with Gasteiger partial charge in [0.15, 0.2) is 0 Å². The first-order chi connectivity index (χ1) is 9.67. The van der Waals surface area contributed by atoms with Crippen molar-refractivity contribution in [3.8, 4) is 0 Å². The van der Waals surface area contributed by atoms with Gasteiger partial charge in [-0.25, -0.2) is 0 Å². The number of anilines is 1. The Labute approximate surface area is 123 Å². The molecular formula is C17H29N3. The molecule has 1 fully saturated rings. The van der Waals surface area contributed by atoms with Gasteiger partial charge in [-0.3, -0.25) is 4.90 Å². The van der Waals surface area contributed by atoms with Gasteiger partial charge in [0.05, 0.1) is 0 Å². The number of rotatable bonds is 4. The normalized spacial score (nSPS) is 24.4. The average Bonchev–Trinajstić information content (AvgIpc) is 2.68. The molecule has 0 aromatic heterocycles. The molecule has 20 heavy (non-hydrogen) atoms. The van der Waals surface area contributed by atoms with Crippen LogP contribution in [0.25, 0.3) is 0 Å². The SMILES string of the molecule is CCN1CCCCC(CN)C1c1ccc(N(C)C)cc1. The molecule has 1 heterocycles. The Hall–Kier alpha value is -1.06. The first-order valence-corrected chi connectivity index (χ1v) is 7.88. The van der Waals surface area contributed by atoms with Gasteiger partial charge in [0.2, 0.25) is 0 Å². The fraction of sp³-hybridized carbons (Fsp3) is 0.647. The summed E-state index contributed by atoms with van der Waals surface area (Å²) in [5, 5.41) is 0. The zero-order valence-corrected chi connectivity index (χ0v) is 13.2. The van der Waals surface area contributed by atoms with E-state index in [1.165, 1.54) is 37.1 Å². The van der Waals surface area contributed by atoms with Crippen LogP contribution in [-0.4, -0.2) is 38.6 Å². The zero-order valence-electron chi connectivity index (χ0n) is 13.2. The average molecular weight is 275 g/mol. The van der Waals surface area contributed by atoms with Crippen molar-refractivity contribution in [1.82, 2.24) is 4.90 Å². The third-order valence-corrected chi connectivity index (χ3v) is 4.57. The Bertz CT molecular complexity index is 385. The van der Waals surface area contributed by atoms with Crippen LogP contribution in [0.15, 0.2) is 24.3 Å². The molecule has 2 unspecified atom stereocenters. The van der Waals surface area contributed by atoms with Gasteiger partial charge >= 0.3 is 0 Å². The van der Waals surface area contributed by atoms with E-state index in [9.17, 15) is 0 Å². The van der Waals surface area contributed by atoms with E-state index in [-0.39, 0.29) is 0 Å². The molecule has 2 rings (SSSR count). The molecule has 0 amide bonds. The molecule has 0 saturated carbocycles. The number of likely N-dealkylation sites (tertiary alicyclic amines) is 1. The number of benzene rings is 1. The molecule has 0 spiro atoms. The van der Waals surface area contributed by atoms with Crippen molar-refractivity contribution < 1.29 is 0 Å². The minimum Gasteiger partial charge on any atom is -0.378 e. The number of hydrogen-bond donors (Lipinski definition) is 1. The largest absolute Gasteiger partial charge is 0.378 e. The predicted octanol–water partition coefficient (Wildman–Crippen LogP) is 2.87. The Morgan fingerprint density at radius 3 is 2.45 bits per heavy atom. The van der Waals surface area contributed by atoms with Gasteiger partial charge in [0.1, 0.15) is 0 Å². The second-order valence-corrected chi connectivity index (χ2v) is 6.05. The topological polar surface area (TPSA) is 32.5 Å². The summed E-state index contributed by atoms with van der Waals surface area (Å²) in [4.78, 5) is 4.75. The van der Waals surface area contributed by atoms with Crippen LogP contribution in [0.4, 0.5) is 5.69 Å². The monoisotopic (exact) mass is 275 g/mol. The Kier molecular flexibility index (Phi) is 5.44. The molecule has 1 saturated heterocycles. The minimum atomic E-state index is 0.490. The van der Waals surface area contributed by atoms with Crippen LogP contribution in [0, 0.1) is 5.92 Å². The molecule has 1 aliphatic rings. The van der Waals surface area contributed by atoms with Gasteiger partial charge in [-0.1, -0.05) is 25.5 Å². The highest BCUT2D eigenvalue weighted by atomic mass is 15.2. The molecule has 3 nitrogen and oxygen atoms in total. The summed E-state index contributed by atoms with van der Waals surface area (Å²) in [5.41, 5.74) is 8.75. The van der Waals surface area contributed by atoms with E-state index in [1.54, 1.807) is 0 Å². The highest BCUT2D eigenvalue weighted by Gasteiger charge is 2.29. The van der Waals surface area contributed by atoms with Crippen LogP contribution in [-0.2, 0) is 0 Å². The quantitative estimate of drug-likeness (QED) is 0.917. The third kappa shape index (κ3) is 3.33. The number of hydrogen-bond acceptors (Lipinski definition) is 3. The first-order valence-electron chi connectivity index (χ1n) is 7.88. The molecule has 2 atom stereocenters. The lowest BCUT2D eigenvalue weighted by molar-refractivity contribution is 0.166. The summed E-state index contributed by atoms with van der Waals surface area (Å²) < 4.78 is 0. The summed E-state index contributed by atoms with van der Waals surface area (Å²) in [6.45, 7) is 5.36. The smallest absolute Gasteiger partial charge is 0.0388 e. The fourth-order valence-corrected chi connectivity index (χ4v) is 3.37. The van der Waals surface area contributed by atoms with Crippen LogP contribution >= 0.6 is 0 Å². The van der Waals surface area contributed by atoms with Crippen molar-refractivity contribution in [2.24, 2.45) is 11.7 Å². The van der Waals surface area contributed by atoms with Gasteiger partial charge in [-0.15, -0.1) is 0 Å². The minimum absolute atomic E-state index is 0.490. The van der Waals surface area contributed by atoms with Crippen molar-refractivity contribution in [2.45, 2.75) is 32.2 Å². The molecule has 0 bridgehead atoms. The molecule has 0 radical (unpaired) electrons. The van der Waals surface area contributed by atoms with E-state index in [1.807, 2.05) is 0 Å². The Balaban J connectivity index is 2.28. The predicted molar refractivity (Wildman–Crippen MR) is 87.2 cm³/mol. The van der Waals surface area contributed by atoms with E-state index in [2.05, 4.69) is 55.1 Å². The lowest BCUT2D eigenvalue weighted by atomic mass is 9.89. The van der Waals surface area contributed by atoms with Crippen molar-refractivity contribution >= 4 is 5.69 Å². The molecule has 1 aromatic rings. The lowest BCUT2D eigenvalue weighted by Crippen LogP contribution is -2.35. The Morgan fingerprint density at radius 1 is 1.20 bits per heavy atom. The summed E-state index contributed by atoms with van der Waals surface area (Å²) in [6.07, 6.45) is 3.87. The molecule has 1 aliphatic heterocycles. The summed E-state index contributed by atoms with van der Waals surface area (Å²) in [7, 11) is 4.17. The molecule has 1 aromatic carbocycles. The van der Waals surface area contributed by atoms with Crippen LogP contribution in [0.3, 0.4) is 0 Å². The first kappa shape index (κ1) is 15.3. The summed E-state index contributed by atoms with van der Waals surface area (Å²) in [6, 6.07) is 9.51. The fourth-order valence-electron chi connectivity index (χ4n) is 3.37. The van der Waals surface area contributed by atoms with Gasteiger partial charge in [-0.05, 0) is 56.1 Å². The lowest BCUT2D eigenvalue weighted by Gasteiger charge is -2.34. The molecular weight excluding hydrogens is 246 g/mol. The highest BCUT2D eigenvalue weighted by Crippen LogP contribution is 2.35. The maximum Gasteiger partial charge on any atom is 0.0388 e. The van der Waals surface area contributed by atoms with Gasteiger partial charge in [-0.2, -0.15) is 0 Å². The maximum atomic E-state index is 6.06. The van der Waals surface area contributed by atoms with Crippen molar-refractivity contribution in [3.63, 3.8) is 0 Å². The van der Waals surface area contributed by atoms with Gasteiger partial charge in [0, 0.05) is 25.8 Å². The van der Waals surface area contributed by atoms with E-state index in [0.717, 1.165) is 13.1 Å². The van der Waals surface area contributed by atoms with Crippen LogP contribution in [0.1, 0.15) is 37.8 Å². The highest BCUT2D eigenvalue weighted by molar-refractivity contribution is 5.46. The van der Waals surface area contributed by atoms with Crippen molar-refractivity contribution in [1.29, 1.82) is 0 Å². The van der Waals surface area contributed by atoms with E-state index in [0.29, 0.717) is 12.0 Å². The Morgan fingerprint density at radius 2 is 1.90 bits per heavy atom. The zero-order chi connectivity index (χ0) is 14.5. The van der Waals surface area contributed by atoms with Crippen LogP contribution in [0.5, 0.6) is 0 Å². The number of nitrogens with two attached hydrogens (primary N) is 1. The van der Waals surface area contributed by atoms with Crippen molar-refractivity contribution in [2.75, 3.05) is 38.6 Å². The van der Waals surface area contributed by atoms with E-state index >= 15 is 0 Å². The van der Waals surface area contributed by atoms with E-state index < -0.39 is 0 Å². The van der Waals surface area contributed by atoms with Gasteiger partial charge < -0.3 is 10.6 Å². The molecule has 0 aliphatic carbocycles. The molecule has 3 heteroatoms. The summed E-state index contributed by atoms with van der Waals surface area (Å²) >= 11 is 0. The summed E-state index contributed by atoms with van der Waals surface area (Å²) in [5.74, 6) is 0.586. The van der Waals surface area contributed by atoms with Gasteiger partial charge in [0.25, 0.3) is 0 Å². The third-order valence-electron chi connectivity index (χ3n) is 4.57. The van der Waals surface area contributed by atoms with Crippen LogP contribution < -0.4 is 10.6 Å². The second kappa shape index (κ2) is 7.09. The van der Waals surface area contributed by atoms with Crippen molar-refractivity contribution in [3.05, 3.63) is 29.8 Å². The molecule has 112 valence electrons. The molecule has 2 N–H and O–H groups in total. The van der Waals surface area contributed by atoms with E-state index in [4.69, 9.17) is 5.73 Å². The number of nitrogens with zero attached hydrogens (tertiary/aromatic N) is 2. The maximum absolute atomic E-state index is 6.06.